The lowest BCUT2D eigenvalue weighted by Crippen LogP contribution is -2.10. The third-order valence-corrected chi connectivity index (χ3v) is 9.49. The second-order valence-corrected chi connectivity index (χ2v) is 12.6. The van der Waals surface area contributed by atoms with E-state index in [2.05, 4.69) is 187 Å². The van der Waals surface area contributed by atoms with Crippen LogP contribution in [0.4, 0.5) is 17.1 Å². The van der Waals surface area contributed by atoms with Gasteiger partial charge in [-0.15, -0.1) is 0 Å². The highest BCUT2D eigenvalue weighted by atomic mass is 16.3. The van der Waals surface area contributed by atoms with Crippen molar-refractivity contribution in [1.82, 2.24) is 0 Å². The van der Waals surface area contributed by atoms with Crippen LogP contribution in [0.5, 0.6) is 0 Å². The summed E-state index contributed by atoms with van der Waals surface area (Å²) in [5, 5.41) is 3.60. The van der Waals surface area contributed by atoms with Crippen LogP contribution >= 0.6 is 0 Å². The maximum atomic E-state index is 6.28. The number of hydrogen-bond donors (Lipinski definition) is 0. The van der Waals surface area contributed by atoms with Crippen LogP contribution in [0.25, 0.3) is 66.4 Å². The van der Waals surface area contributed by atoms with E-state index in [1.54, 1.807) is 0 Å². The number of furan rings is 1. The smallest absolute Gasteiger partial charge is 0.135 e. The third kappa shape index (κ3) is 5.63. The van der Waals surface area contributed by atoms with Gasteiger partial charge >= 0.3 is 0 Å². The normalized spacial score (nSPS) is 11.2. The van der Waals surface area contributed by atoms with E-state index in [-0.39, 0.29) is 0 Å². The van der Waals surface area contributed by atoms with Crippen LogP contribution in [0.3, 0.4) is 0 Å². The molecule has 0 fully saturated rings. The zero-order chi connectivity index (χ0) is 33.3. The molecule has 1 aromatic heterocycles. The van der Waals surface area contributed by atoms with Crippen LogP contribution < -0.4 is 4.90 Å². The lowest BCUT2D eigenvalue weighted by atomic mass is 9.98. The Balaban J connectivity index is 1.10. The Morgan fingerprint density at radius 3 is 1.54 bits per heavy atom. The van der Waals surface area contributed by atoms with Gasteiger partial charge in [0, 0.05) is 28.0 Å². The zero-order valence-corrected chi connectivity index (χ0v) is 27.4. The Bertz CT molecular complexity index is 2530. The quantitative estimate of drug-likeness (QED) is 0.173. The Kier molecular flexibility index (Phi) is 7.53. The van der Waals surface area contributed by atoms with E-state index in [4.69, 9.17) is 4.42 Å². The van der Waals surface area contributed by atoms with Gasteiger partial charge in [0.25, 0.3) is 0 Å². The highest BCUT2D eigenvalue weighted by molar-refractivity contribution is 5.97. The van der Waals surface area contributed by atoms with Crippen molar-refractivity contribution in [3.8, 4) is 44.7 Å². The predicted octanol–water partition coefficient (Wildman–Crippen LogP) is 13.7. The van der Waals surface area contributed by atoms with Gasteiger partial charge in [0.05, 0.1) is 0 Å². The summed E-state index contributed by atoms with van der Waals surface area (Å²) >= 11 is 0. The number of hydrogen-bond acceptors (Lipinski definition) is 2. The molecule has 236 valence electrons. The van der Waals surface area contributed by atoms with Crippen LogP contribution in [-0.4, -0.2) is 0 Å². The van der Waals surface area contributed by atoms with Gasteiger partial charge in [-0.3, -0.25) is 0 Å². The van der Waals surface area contributed by atoms with Gasteiger partial charge in [-0.2, -0.15) is 0 Å². The molecule has 1 heterocycles. The predicted molar refractivity (Wildman–Crippen MR) is 210 cm³/mol. The molecule has 0 amide bonds. The molecule has 0 saturated heterocycles. The molecule has 0 spiro atoms. The lowest BCUT2D eigenvalue weighted by molar-refractivity contribution is 0.631. The van der Waals surface area contributed by atoms with Crippen LogP contribution in [0, 0.1) is 0 Å². The molecule has 0 radical (unpaired) electrons. The van der Waals surface area contributed by atoms with Crippen molar-refractivity contribution in [2.45, 2.75) is 0 Å². The van der Waals surface area contributed by atoms with Crippen molar-refractivity contribution in [2.24, 2.45) is 0 Å². The summed E-state index contributed by atoms with van der Waals surface area (Å²) in [6.07, 6.45) is 0. The van der Waals surface area contributed by atoms with E-state index in [0.717, 1.165) is 39.4 Å². The number of rotatable bonds is 7. The van der Waals surface area contributed by atoms with Gasteiger partial charge in [-0.25, -0.2) is 0 Å². The molecule has 8 aromatic carbocycles. The summed E-state index contributed by atoms with van der Waals surface area (Å²) in [5.74, 6) is 0.855. The first-order valence-corrected chi connectivity index (χ1v) is 17.0. The van der Waals surface area contributed by atoms with E-state index in [0.29, 0.717) is 0 Å². The first kappa shape index (κ1) is 29.5. The third-order valence-electron chi connectivity index (χ3n) is 9.49. The maximum Gasteiger partial charge on any atom is 0.135 e. The van der Waals surface area contributed by atoms with Gasteiger partial charge in [-0.1, -0.05) is 152 Å². The van der Waals surface area contributed by atoms with E-state index < -0.39 is 0 Å². The van der Waals surface area contributed by atoms with Gasteiger partial charge < -0.3 is 9.32 Å². The summed E-state index contributed by atoms with van der Waals surface area (Å²) in [7, 11) is 0. The molecule has 50 heavy (non-hydrogen) atoms. The lowest BCUT2D eigenvalue weighted by Gasteiger charge is -2.26. The standard InChI is InChI=1S/C48H33NO/c1-2-10-34(11-3-1)35-20-22-36(23-21-35)37-24-28-42(29-25-37)49(44-16-8-15-40(32-44)48-33-41-13-5-7-19-47(41)50-48)43-30-26-39(27-31-43)46-18-9-14-38-12-4-6-17-45(38)46/h1-33H. The SMILES string of the molecule is c1ccc(-c2ccc(-c3ccc(N(c4ccc(-c5cccc6ccccc56)cc4)c4cccc(-c5cc6ccccc6o5)c4)cc3)cc2)cc1. The highest BCUT2D eigenvalue weighted by Crippen LogP contribution is 2.40. The average molecular weight is 640 g/mol. The Hall–Kier alpha value is -6.64. The first-order valence-electron chi connectivity index (χ1n) is 17.0. The molecular weight excluding hydrogens is 607 g/mol. The second kappa shape index (κ2) is 12.8. The molecule has 9 rings (SSSR count). The van der Waals surface area contributed by atoms with Crippen LogP contribution in [0.15, 0.2) is 205 Å². The molecule has 0 saturated carbocycles. The Morgan fingerprint density at radius 2 is 0.840 bits per heavy atom. The Labute approximate surface area is 292 Å². The van der Waals surface area contributed by atoms with Crippen molar-refractivity contribution in [1.29, 1.82) is 0 Å². The summed E-state index contributed by atoms with van der Waals surface area (Å²) in [4.78, 5) is 2.32. The molecule has 0 aliphatic heterocycles. The van der Waals surface area contributed by atoms with E-state index in [9.17, 15) is 0 Å². The van der Waals surface area contributed by atoms with Crippen molar-refractivity contribution in [3.05, 3.63) is 200 Å². The zero-order valence-electron chi connectivity index (χ0n) is 27.4. The second-order valence-electron chi connectivity index (χ2n) is 12.6. The summed E-state index contributed by atoms with van der Waals surface area (Å²) in [6.45, 7) is 0. The fourth-order valence-electron chi connectivity index (χ4n) is 6.93. The topological polar surface area (TPSA) is 16.4 Å². The monoisotopic (exact) mass is 639 g/mol. The molecule has 2 heteroatoms. The Morgan fingerprint density at radius 1 is 0.320 bits per heavy atom. The van der Waals surface area contributed by atoms with Crippen LogP contribution in [0.2, 0.25) is 0 Å². The van der Waals surface area contributed by atoms with Crippen LogP contribution in [0.1, 0.15) is 0 Å². The van der Waals surface area contributed by atoms with Gasteiger partial charge in [-0.05, 0) is 92.7 Å². The highest BCUT2D eigenvalue weighted by Gasteiger charge is 2.16. The number of nitrogens with zero attached hydrogens (tertiary/aromatic N) is 1. The van der Waals surface area contributed by atoms with E-state index >= 15 is 0 Å². The van der Waals surface area contributed by atoms with Crippen molar-refractivity contribution in [2.75, 3.05) is 4.90 Å². The summed E-state index contributed by atoms with van der Waals surface area (Å²) in [6, 6.07) is 71.1. The van der Waals surface area contributed by atoms with Crippen molar-refractivity contribution < 1.29 is 4.42 Å². The van der Waals surface area contributed by atoms with E-state index in [1.165, 1.54) is 44.2 Å². The molecule has 0 bridgehead atoms. The van der Waals surface area contributed by atoms with E-state index in [1.807, 2.05) is 18.2 Å². The minimum absolute atomic E-state index is 0.855. The van der Waals surface area contributed by atoms with Crippen molar-refractivity contribution in [3.63, 3.8) is 0 Å². The summed E-state index contributed by atoms with van der Waals surface area (Å²) in [5.41, 5.74) is 12.4. The molecule has 9 aromatic rings. The number of anilines is 3. The van der Waals surface area contributed by atoms with Crippen LogP contribution in [-0.2, 0) is 0 Å². The molecule has 0 aliphatic rings. The minimum Gasteiger partial charge on any atom is -0.456 e. The average Bonchev–Trinajstić information content (AvgIpc) is 3.64. The number of fused-ring (bicyclic) bond motifs is 2. The largest absolute Gasteiger partial charge is 0.456 e. The molecule has 0 unspecified atom stereocenters. The fourth-order valence-corrected chi connectivity index (χ4v) is 6.93. The van der Waals surface area contributed by atoms with Gasteiger partial charge in [0.2, 0.25) is 0 Å². The molecule has 2 nitrogen and oxygen atoms in total. The summed E-state index contributed by atoms with van der Waals surface area (Å²) < 4.78 is 6.28. The number of para-hydroxylation sites is 1. The molecular formula is C48H33NO. The molecule has 0 atom stereocenters. The minimum atomic E-state index is 0.855. The maximum absolute atomic E-state index is 6.28. The number of benzene rings is 8. The van der Waals surface area contributed by atoms with Gasteiger partial charge in [0.1, 0.15) is 11.3 Å². The van der Waals surface area contributed by atoms with Crippen molar-refractivity contribution >= 4 is 38.8 Å². The fraction of sp³-hybridized carbons (Fsp3) is 0. The molecule has 0 aliphatic carbocycles. The molecule has 0 N–H and O–H groups in total. The first-order chi connectivity index (χ1) is 24.8. The van der Waals surface area contributed by atoms with Gasteiger partial charge in [0.15, 0.2) is 0 Å².